The minimum Gasteiger partial charge on any atom is -0.462 e. The van der Waals surface area contributed by atoms with Gasteiger partial charge in [0.1, 0.15) is 6.07 Å². The summed E-state index contributed by atoms with van der Waals surface area (Å²) in [7, 11) is 0. The molecule has 1 aromatic rings. The van der Waals surface area contributed by atoms with E-state index in [1.54, 1.807) is 19.9 Å². The van der Waals surface area contributed by atoms with Gasteiger partial charge in [-0.05, 0) is 42.8 Å². The van der Waals surface area contributed by atoms with Crippen LogP contribution in [0.2, 0.25) is 0 Å². The molecule has 3 nitrogen and oxygen atoms in total. The fourth-order valence-electron chi connectivity index (χ4n) is 1.62. The second-order valence-corrected chi connectivity index (χ2v) is 4.85. The maximum atomic E-state index is 12.5. The minimum absolute atomic E-state index is 0.0226. The predicted molar refractivity (Wildman–Crippen MR) is 68.4 cm³/mol. The highest BCUT2D eigenvalue weighted by Crippen LogP contribution is 2.40. The molecular weight excluding hydrogens is 291 g/mol. The Morgan fingerprint density at radius 2 is 2.05 bits per heavy atom. The first-order valence-electron chi connectivity index (χ1n) is 5.82. The summed E-state index contributed by atoms with van der Waals surface area (Å²) in [5, 5.41) is 9.01. The van der Waals surface area contributed by atoms with Crippen molar-refractivity contribution in [3.8, 4) is 6.07 Å². The fraction of sp³-hybridized carbons (Fsp3) is 0.385. The molecule has 0 saturated carbocycles. The van der Waals surface area contributed by atoms with Crippen molar-refractivity contribution in [3.05, 3.63) is 28.8 Å². The van der Waals surface area contributed by atoms with Crippen LogP contribution in [0.1, 0.15) is 35.3 Å². The Kier molecular flexibility index (Phi) is 5.45. The number of alkyl halides is 3. The second kappa shape index (κ2) is 6.66. The highest BCUT2D eigenvalue weighted by molar-refractivity contribution is 8.00. The number of carbonyl (C=O) groups excluding carboxylic acids is 1. The summed E-state index contributed by atoms with van der Waals surface area (Å²) in [6.45, 7) is 3.43. The maximum Gasteiger partial charge on any atom is 0.446 e. The monoisotopic (exact) mass is 303 g/mol. The smallest absolute Gasteiger partial charge is 0.446 e. The van der Waals surface area contributed by atoms with Gasteiger partial charge in [-0.1, -0.05) is 6.92 Å². The van der Waals surface area contributed by atoms with Gasteiger partial charge in [0, 0.05) is 4.90 Å². The van der Waals surface area contributed by atoms with Gasteiger partial charge in [-0.15, -0.1) is 0 Å². The number of nitrogens with zero attached hydrogens (tertiary/aromatic N) is 1. The molecule has 0 unspecified atom stereocenters. The number of thioether (sulfide) groups is 1. The molecule has 0 aliphatic heterocycles. The topological polar surface area (TPSA) is 50.1 Å². The summed E-state index contributed by atoms with van der Waals surface area (Å²) in [4.78, 5) is 11.4. The lowest BCUT2D eigenvalue weighted by Crippen LogP contribution is -2.08. The zero-order valence-corrected chi connectivity index (χ0v) is 11.7. The molecule has 0 amide bonds. The molecule has 1 rings (SSSR count). The first-order valence-corrected chi connectivity index (χ1v) is 6.63. The molecule has 0 aliphatic carbocycles. The number of benzene rings is 1. The van der Waals surface area contributed by atoms with E-state index in [-0.39, 0.29) is 22.6 Å². The van der Waals surface area contributed by atoms with E-state index in [1.807, 2.05) is 0 Å². The molecule has 0 aromatic heterocycles. The van der Waals surface area contributed by atoms with Crippen molar-refractivity contribution in [3.63, 3.8) is 0 Å². The van der Waals surface area contributed by atoms with Crippen molar-refractivity contribution in [2.45, 2.75) is 30.7 Å². The number of esters is 1. The molecule has 0 N–H and O–H groups in total. The van der Waals surface area contributed by atoms with Crippen LogP contribution in [-0.2, 0) is 11.2 Å². The zero-order chi connectivity index (χ0) is 15.3. The molecule has 0 saturated heterocycles. The zero-order valence-electron chi connectivity index (χ0n) is 10.9. The van der Waals surface area contributed by atoms with Crippen LogP contribution in [0.3, 0.4) is 0 Å². The summed E-state index contributed by atoms with van der Waals surface area (Å²) in [5.41, 5.74) is -4.16. The molecule has 0 radical (unpaired) electrons. The molecule has 0 heterocycles. The van der Waals surface area contributed by atoms with Crippen molar-refractivity contribution >= 4 is 17.7 Å². The Labute approximate surface area is 118 Å². The van der Waals surface area contributed by atoms with E-state index in [4.69, 9.17) is 10.00 Å². The van der Waals surface area contributed by atoms with Gasteiger partial charge >= 0.3 is 11.5 Å². The average molecular weight is 303 g/mol. The Bertz CT molecular complexity index is 550. The van der Waals surface area contributed by atoms with Gasteiger partial charge < -0.3 is 4.74 Å². The van der Waals surface area contributed by atoms with E-state index in [0.29, 0.717) is 12.0 Å². The summed E-state index contributed by atoms with van der Waals surface area (Å²) < 4.78 is 42.3. The molecule has 7 heteroatoms. The Balaban J connectivity index is 3.35. The Hall–Kier alpha value is -1.68. The van der Waals surface area contributed by atoms with E-state index < -0.39 is 23.2 Å². The molecule has 108 valence electrons. The number of nitriles is 1. The Morgan fingerprint density at radius 3 is 2.50 bits per heavy atom. The third-order valence-corrected chi connectivity index (χ3v) is 3.19. The molecule has 1 aromatic carbocycles. The molecule has 0 bridgehead atoms. The fourth-order valence-corrected chi connectivity index (χ4v) is 2.33. The number of aryl methyl sites for hydroxylation is 1. The van der Waals surface area contributed by atoms with E-state index in [2.05, 4.69) is 0 Å². The number of rotatable bonds is 4. The van der Waals surface area contributed by atoms with Gasteiger partial charge in [-0.2, -0.15) is 18.4 Å². The lowest BCUT2D eigenvalue weighted by atomic mass is 10.0. The number of carbonyl (C=O) groups is 1. The van der Waals surface area contributed by atoms with Gasteiger partial charge in [0.25, 0.3) is 0 Å². The quantitative estimate of drug-likeness (QED) is 0.625. The van der Waals surface area contributed by atoms with Gasteiger partial charge in [-0.3, -0.25) is 0 Å². The van der Waals surface area contributed by atoms with Crippen LogP contribution in [0.15, 0.2) is 17.0 Å². The van der Waals surface area contributed by atoms with Crippen molar-refractivity contribution < 1.29 is 22.7 Å². The van der Waals surface area contributed by atoms with Crippen LogP contribution in [0.25, 0.3) is 0 Å². The first kappa shape index (κ1) is 16.4. The van der Waals surface area contributed by atoms with Crippen LogP contribution in [0.5, 0.6) is 0 Å². The highest BCUT2D eigenvalue weighted by atomic mass is 32.2. The minimum atomic E-state index is -4.52. The van der Waals surface area contributed by atoms with Crippen molar-refractivity contribution in [1.82, 2.24) is 0 Å². The predicted octanol–water partition coefficient (Wildman–Crippen LogP) is 3.91. The van der Waals surface area contributed by atoms with Gasteiger partial charge in [-0.25, -0.2) is 4.79 Å². The van der Waals surface area contributed by atoms with Crippen molar-refractivity contribution in [1.29, 1.82) is 5.26 Å². The van der Waals surface area contributed by atoms with Crippen LogP contribution in [0.4, 0.5) is 13.2 Å². The standard InChI is InChI=1S/C13H12F3NO2S/c1-3-8-5-9(12(18)19-4-2)6-11(10(8)7-17)20-13(14,15)16/h5-6H,3-4H2,1-2H3. The third kappa shape index (κ3) is 4.17. The summed E-state index contributed by atoms with van der Waals surface area (Å²) in [6, 6.07) is 4.21. The number of ether oxygens (including phenoxy) is 1. The highest BCUT2D eigenvalue weighted by Gasteiger charge is 2.31. The van der Waals surface area contributed by atoms with Gasteiger partial charge in [0.15, 0.2) is 0 Å². The van der Waals surface area contributed by atoms with Crippen LogP contribution < -0.4 is 0 Å². The molecule has 0 spiro atoms. The average Bonchev–Trinajstić information content (AvgIpc) is 2.36. The van der Waals surface area contributed by atoms with Gasteiger partial charge in [0.2, 0.25) is 0 Å². The maximum absolute atomic E-state index is 12.5. The third-order valence-electron chi connectivity index (χ3n) is 2.41. The van der Waals surface area contributed by atoms with Crippen molar-refractivity contribution in [2.24, 2.45) is 0 Å². The van der Waals surface area contributed by atoms with Crippen LogP contribution in [-0.4, -0.2) is 18.1 Å². The largest absolute Gasteiger partial charge is 0.462 e. The van der Waals surface area contributed by atoms with E-state index in [9.17, 15) is 18.0 Å². The number of hydrogen-bond donors (Lipinski definition) is 0. The van der Waals surface area contributed by atoms with E-state index in [1.165, 1.54) is 6.07 Å². The lowest BCUT2D eigenvalue weighted by molar-refractivity contribution is -0.0328. The lowest BCUT2D eigenvalue weighted by Gasteiger charge is -2.12. The van der Waals surface area contributed by atoms with Gasteiger partial charge in [0.05, 0.1) is 17.7 Å². The molecular formula is C13H12F3NO2S. The van der Waals surface area contributed by atoms with Crippen molar-refractivity contribution in [2.75, 3.05) is 6.61 Å². The number of halogens is 3. The summed E-state index contributed by atoms with van der Waals surface area (Å²) in [5.74, 6) is -0.698. The molecule has 0 atom stereocenters. The second-order valence-electron chi connectivity index (χ2n) is 3.74. The van der Waals surface area contributed by atoms with E-state index >= 15 is 0 Å². The summed E-state index contributed by atoms with van der Waals surface area (Å²) >= 11 is -0.399. The first-order chi connectivity index (χ1) is 9.32. The molecule has 20 heavy (non-hydrogen) atoms. The normalized spacial score (nSPS) is 11.0. The van der Waals surface area contributed by atoms with Crippen LogP contribution in [0, 0.1) is 11.3 Å². The summed E-state index contributed by atoms with van der Waals surface area (Å²) in [6.07, 6.45) is 0.349. The van der Waals surface area contributed by atoms with E-state index in [0.717, 1.165) is 6.07 Å². The SMILES string of the molecule is CCOC(=O)c1cc(CC)c(C#N)c(SC(F)(F)F)c1. The Morgan fingerprint density at radius 1 is 1.40 bits per heavy atom. The number of hydrogen-bond acceptors (Lipinski definition) is 4. The molecule has 0 aliphatic rings. The molecule has 0 fully saturated rings. The van der Waals surface area contributed by atoms with Crippen LogP contribution >= 0.6 is 11.8 Å².